The van der Waals surface area contributed by atoms with Crippen molar-refractivity contribution in [2.24, 2.45) is 0 Å². The van der Waals surface area contributed by atoms with Crippen molar-refractivity contribution in [1.29, 1.82) is 0 Å². The molecule has 2 heterocycles. The molecule has 0 saturated carbocycles. The van der Waals surface area contributed by atoms with Gasteiger partial charge in [0.05, 0.1) is 11.5 Å². The smallest absolute Gasteiger partial charge is 0.324 e. The van der Waals surface area contributed by atoms with Crippen LogP contribution in [0, 0.1) is 0 Å². The zero-order valence-electron chi connectivity index (χ0n) is 14.4. The quantitative estimate of drug-likeness (QED) is 0.750. The second kappa shape index (κ2) is 6.76. The van der Waals surface area contributed by atoms with Crippen LogP contribution in [0.2, 0.25) is 0 Å². The largest absolute Gasteiger partial charge is 0.465 e. The summed E-state index contributed by atoms with van der Waals surface area (Å²) in [4.78, 5) is 25.5. The first-order valence-corrected chi connectivity index (χ1v) is 9.89. The van der Waals surface area contributed by atoms with Gasteiger partial charge in [-0.3, -0.25) is 9.59 Å². The summed E-state index contributed by atoms with van der Waals surface area (Å²) in [5.41, 5.74) is 1.60. The lowest BCUT2D eigenvalue weighted by atomic mass is 10.2. The van der Waals surface area contributed by atoms with Crippen molar-refractivity contribution in [3.63, 3.8) is 0 Å². The summed E-state index contributed by atoms with van der Waals surface area (Å²) in [6.45, 7) is 4.29. The van der Waals surface area contributed by atoms with Crippen molar-refractivity contribution in [2.45, 2.75) is 44.0 Å². The van der Waals surface area contributed by atoms with Crippen molar-refractivity contribution in [2.75, 3.05) is 24.6 Å². The molecule has 0 spiro atoms. The van der Waals surface area contributed by atoms with Gasteiger partial charge in [-0.05, 0) is 49.9 Å². The standard InChI is InChI=1S/C17H22N2O5S/c1-3-24-17(21)16-5-4-9-19(16)25(22,23)14-6-7-15-13(11-14)8-10-18(15)12(2)20/h6-7,11,16H,3-5,8-10H2,1-2H3/t16-/m0/s1. The van der Waals surface area contributed by atoms with Gasteiger partial charge in [-0.25, -0.2) is 8.42 Å². The number of hydrogen-bond acceptors (Lipinski definition) is 5. The van der Waals surface area contributed by atoms with E-state index in [9.17, 15) is 18.0 Å². The van der Waals surface area contributed by atoms with Crippen LogP contribution in [0.15, 0.2) is 23.1 Å². The first-order valence-electron chi connectivity index (χ1n) is 8.45. The molecule has 1 atom stereocenters. The van der Waals surface area contributed by atoms with Crippen molar-refractivity contribution >= 4 is 27.6 Å². The van der Waals surface area contributed by atoms with Crippen LogP contribution in [-0.4, -0.2) is 50.3 Å². The average molecular weight is 366 g/mol. The van der Waals surface area contributed by atoms with E-state index >= 15 is 0 Å². The zero-order valence-corrected chi connectivity index (χ0v) is 15.2. The highest BCUT2D eigenvalue weighted by molar-refractivity contribution is 7.89. The molecule has 0 radical (unpaired) electrons. The second-order valence-electron chi connectivity index (χ2n) is 6.24. The minimum absolute atomic E-state index is 0.0590. The summed E-state index contributed by atoms with van der Waals surface area (Å²) in [6.07, 6.45) is 1.73. The molecule has 136 valence electrons. The summed E-state index contributed by atoms with van der Waals surface area (Å²) in [6, 6.07) is 4.04. The third-order valence-corrected chi connectivity index (χ3v) is 6.60. The number of ether oxygens (including phenoxy) is 1. The first kappa shape index (κ1) is 17.9. The Morgan fingerprint density at radius 3 is 2.72 bits per heavy atom. The summed E-state index contributed by atoms with van der Waals surface area (Å²) >= 11 is 0. The van der Waals surface area contributed by atoms with E-state index in [4.69, 9.17) is 4.74 Å². The molecule has 8 heteroatoms. The Labute approximate surface area is 147 Å². The van der Waals surface area contributed by atoms with Crippen LogP contribution < -0.4 is 4.90 Å². The van der Waals surface area contributed by atoms with E-state index in [-0.39, 0.29) is 17.4 Å². The molecule has 0 N–H and O–H groups in total. The minimum Gasteiger partial charge on any atom is -0.465 e. The fourth-order valence-corrected chi connectivity index (χ4v) is 5.20. The van der Waals surface area contributed by atoms with Gasteiger partial charge in [-0.1, -0.05) is 0 Å². The molecule has 1 fully saturated rings. The Morgan fingerprint density at radius 2 is 2.04 bits per heavy atom. The highest BCUT2D eigenvalue weighted by Crippen LogP contribution is 2.33. The fourth-order valence-electron chi connectivity index (χ4n) is 3.50. The van der Waals surface area contributed by atoms with Crippen LogP contribution in [0.1, 0.15) is 32.3 Å². The minimum atomic E-state index is -3.78. The lowest BCUT2D eigenvalue weighted by molar-refractivity contribution is -0.146. The molecule has 0 bridgehead atoms. The predicted octanol–water partition coefficient (Wildman–Crippen LogP) is 1.31. The number of fused-ring (bicyclic) bond motifs is 1. The van der Waals surface area contributed by atoms with Gasteiger partial charge in [0.1, 0.15) is 6.04 Å². The third kappa shape index (κ3) is 3.16. The van der Waals surface area contributed by atoms with E-state index < -0.39 is 22.0 Å². The summed E-state index contributed by atoms with van der Waals surface area (Å²) in [5.74, 6) is -0.552. The van der Waals surface area contributed by atoms with Crippen LogP contribution in [0.3, 0.4) is 0 Å². The van der Waals surface area contributed by atoms with E-state index in [1.54, 1.807) is 24.0 Å². The number of nitrogens with zero attached hydrogens (tertiary/aromatic N) is 2. The molecule has 0 aromatic heterocycles. The molecule has 7 nitrogen and oxygen atoms in total. The molecular formula is C17H22N2O5S. The second-order valence-corrected chi connectivity index (χ2v) is 8.13. The molecule has 1 saturated heterocycles. The van der Waals surface area contributed by atoms with E-state index in [1.807, 2.05) is 0 Å². The number of hydrogen-bond donors (Lipinski definition) is 0. The summed E-state index contributed by atoms with van der Waals surface area (Å²) in [5, 5.41) is 0. The number of carbonyl (C=O) groups excluding carboxylic acids is 2. The van der Waals surface area contributed by atoms with Gasteiger partial charge in [0.25, 0.3) is 0 Å². The summed E-state index contributed by atoms with van der Waals surface area (Å²) in [7, 11) is -3.78. The Morgan fingerprint density at radius 1 is 1.28 bits per heavy atom. The lowest BCUT2D eigenvalue weighted by Gasteiger charge is -2.23. The van der Waals surface area contributed by atoms with Gasteiger partial charge in [0, 0.05) is 25.7 Å². The van der Waals surface area contributed by atoms with Crippen LogP contribution in [0.5, 0.6) is 0 Å². The first-order chi connectivity index (χ1) is 11.9. The highest BCUT2D eigenvalue weighted by atomic mass is 32.2. The molecule has 0 aliphatic carbocycles. The van der Waals surface area contributed by atoms with E-state index in [0.29, 0.717) is 32.4 Å². The van der Waals surface area contributed by atoms with Gasteiger partial charge in [0.2, 0.25) is 15.9 Å². The van der Waals surface area contributed by atoms with Gasteiger partial charge in [0.15, 0.2) is 0 Å². The number of rotatable bonds is 4. The van der Waals surface area contributed by atoms with Crippen LogP contribution in [0.25, 0.3) is 0 Å². The number of sulfonamides is 1. The maximum Gasteiger partial charge on any atom is 0.324 e. The van der Waals surface area contributed by atoms with Crippen molar-refractivity contribution in [1.82, 2.24) is 4.31 Å². The molecule has 3 rings (SSSR count). The zero-order chi connectivity index (χ0) is 18.2. The average Bonchev–Trinajstić information content (AvgIpc) is 3.21. The van der Waals surface area contributed by atoms with Crippen molar-refractivity contribution < 1.29 is 22.7 Å². The highest BCUT2D eigenvalue weighted by Gasteiger charge is 2.40. The molecule has 2 aliphatic heterocycles. The van der Waals surface area contributed by atoms with E-state index in [2.05, 4.69) is 0 Å². The topological polar surface area (TPSA) is 84.0 Å². The van der Waals surface area contributed by atoms with Crippen LogP contribution in [0.4, 0.5) is 5.69 Å². The molecular weight excluding hydrogens is 344 g/mol. The molecule has 1 amide bonds. The maximum absolute atomic E-state index is 13.0. The molecule has 0 unspecified atom stereocenters. The maximum atomic E-state index is 13.0. The normalized spacial score (nSPS) is 20.6. The Balaban J connectivity index is 1.91. The molecule has 1 aromatic rings. The molecule has 25 heavy (non-hydrogen) atoms. The van der Waals surface area contributed by atoms with Crippen LogP contribution in [-0.2, 0) is 30.8 Å². The summed E-state index contributed by atoms with van der Waals surface area (Å²) < 4.78 is 32.3. The number of benzene rings is 1. The third-order valence-electron chi connectivity index (χ3n) is 4.70. The fraction of sp³-hybridized carbons (Fsp3) is 0.529. The molecule has 1 aromatic carbocycles. The van der Waals surface area contributed by atoms with E-state index in [1.165, 1.54) is 17.3 Å². The van der Waals surface area contributed by atoms with Gasteiger partial charge in [-0.2, -0.15) is 4.31 Å². The van der Waals surface area contributed by atoms with E-state index in [0.717, 1.165) is 11.3 Å². The Bertz CT molecular complexity index is 805. The number of amides is 1. The SMILES string of the molecule is CCOC(=O)[C@@H]1CCCN1S(=O)(=O)c1ccc2c(c1)CCN2C(C)=O. The Kier molecular flexibility index (Phi) is 4.83. The monoisotopic (exact) mass is 366 g/mol. The lowest BCUT2D eigenvalue weighted by Crippen LogP contribution is -2.41. The number of esters is 1. The predicted molar refractivity (Wildman–Crippen MR) is 91.7 cm³/mol. The van der Waals surface area contributed by atoms with Gasteiger partial charge < -0.3 is 9.64 Å². The van der Waals surface area contributed by atoms with Crippen molar-refractivity contribution in [3.8, 4) is 0 Å². The van der Waals surface area contributed by atoms with Gasteiger partial charge >= 0.3 is 5.97 Å². The van der Waals surface area contributed by atoms with Gasteiger partial charge in [-0.15, -0.1) is 0 Å². The number of carbonyl (C=O) groups is 2. The van der Waals surface area contributed by atoms with Crippen molar-refractivity contribution in [3.05, 3.63) is 23.8 Å². The van der Waals surface area contributed by atoms with Crippen LogP contribution >= 0.6 is 0 Å². The number of anilines is 1. The Hall–Kier alpha value is -1.93. The molecule has 2 aliphatic rings.